The number of rotatable bonds is 26. The quantitative estimate of drug-likeness (QED) is 0.0711. The first kappa shape index (κ1) is 38.3. The standard InChI is InChI=1S/C29H57NO4S.Na/c1-4-6-7-8-9-10-11-12-13-14-15-16-17-18-19-20-21-22-23-24-25-26-29(3,27-35(32,33)34)30-28(31)5-2;/h5H,2,4,6-27H2,1,3H3,(H,30,31)(H,32,33,34);/q;+1/p-1. The second kappa shape index (κ2) is 25.4. The van der Waals surface area contributed by atoms with Gasteiger partial charge in [-0.3, -0.25) is 4.79 Å². The van der Waals surface area contributed by atoms with Crippen molar-refractivity contribution in [1.29, 1.82) is 0 Å². The van der Waals surface area contributed by atoms with Crippen molar-refractivity contribution in [3.63, 3.8) is 0 Å². The monoisotopic (exact) mass is 537 g/mol. The molecule has 0 radical (unpaired) electrons. The summed E-state index contributed by atoms with van der Waals surface area (Å²) in [5.74, 6) is -1.03. The SMILES string of the molecule is C=CC(=O)NC(C)(CCCCCCCCCCCCCCCCCCCCCCC)CS(=O)(=O)[O-].[Na+]. The fourth-order valence-electron chi connectivity index (χ4n) is 4.86. The largest absolute Gasteiger partial charge is 1.00 e. The van der Waals surface area contributed by atoms with Gasteiger partial charge in [-0.2, -0.15) is 0 Å². The maximum Gasteiger partial charge on any atom is 1.00 e. The number of nitrogens with one attached hydrogen (secondary N) is 1. The maximum atomic E-state index is 11.6. The smallest absolute Gasteiger partial charge is 0.748 e. The number of hydrogen-bond acceptors (Lipinski definition) is 4. The molecule has 0 aliphatic carbocycles. The van der Waals surface area contributed by atoms with Crippen LogP contribution in [0.25, 0.3) is 0 Å². The maximum absolute atomic E-state index is 11.6. The van der Waals surface area contributed by atoms with Crippen LogP contribution in [-0.2, 0) is 14.9 Å². The second-order valence-corrected chi connectivity index (χ2v) is 12.2. The van der Waals surface area contributed by atoms with E-state index < -0.39 is 27.3 Å². The normalized spacial score (nSPS) is 13.1. The summed E-state index contributed by atoms with van der Waals surface area (Å²) in [6.07, 6.45) is 29.2. The van der Waals surface area contributed by atoms with Crippen LogP contribution in [0, 0.1) is 0 Å². The Balaban J connectivity index is 0. The van der Waals surface area contributed by atoms with Gasteiger partial charge in [-0.05, 0) is 19.4 Å². The minimum Gasteiger partial charge on any atom is -0.748 e. The van der Waals surface area contributed by atoms with Gasteiger partial charge in [-0.25, -0.2) is 8.42 Å². The van der Waals surface area contributed by atoms with Crippen LogP contribution in [0.2, 0.25) is 0 Å². The van der Waals surface area contributed by atoms with Crippen LogP contribution in [0.1, 0.15) is 155 Å². The third kappa shape index (κ3) is 27.2. The third-order valence-electron chi connectivity index (χ3n) is 6.94. The van der Waals surface area contributed by atoms with E-state index in [0.29, 0.717) is 6.42 Å². The zero-order valence-electron chi connectivity index (χ0n) is 24.1. The molecule has 0 saturated heterocycles. The Hall–Kier alpha value is 0.120. The van der Waals surface area contributed by atoms with E-state index >= 15 is 0 Å². The molecule has 0 bridgehead atoms. The van der Waals surface area contributed by atoms with Gasteiger partial charge in [0.05, 0.1) is 21.4 Å². The van der Waals surface area contributed by atoms with Crippen molar-refractivity contribution < 1.29 is 47.3 Å². The van der Waals surface area contributed by atoms with E-state index in [2.05, 4.69) is 18.8 Å². The summed E-state index contributed by atoms with van der Waals surface area (Å²) in [6, 6.07) is 0. The van der Waals surface area contributed by atoms with Crippen molar-refractivity contribution in [2.24, 2.45) is 0 Å². The van der Waals surface area contributed by atoms with E-state index in [0.717, 1.165) is 25.3 Å². The number of amides is 1. The predicted molar refractivity (Wildman–Crippen MR) is 149 cm³/mol. The van der Waals surface area contributed by atoms with Crippen LogP contribution in [0.4, 0.5) is 0 Å². The summed E-state index contributed by atoms with van der Waals surface area (Å²) >= 11 is 0. The molecule has 0 saturated carbocycles. The molecule has 1 atom stereocenters. The summed E-state index contributed by atoms with van der Waals surface area (Å²) in [5, 5.41) is 2.63. The Kier molecular flexibility index (Phi) is 27.0. The molecule has 0 aliphatic rings. The molecular weight excluding hydrogens is 481 g/mol. The molecule has 1 unspecified atom stereocenters. The van der Waals surface area contributed by atoms with E-state index in [1.165, 1.54) is 116 Å². The van der Waals surface area contributed by atoms with Crippen molar-refractivity contribution in [3.8, 4) is 0 Å². The number of unbranched alkanes of at least 4 members (excludes halogenated alkanes) is 20. The molecule has 0 heterocycles. The molecule has 0 aromatic carbocycles. The first-order chi connectivity index (χ1) is 16.7. The van der Waals surface area contributed by atoms with Gasteiger partial charge in [0.15, 0.2) is 0 Å². The Labute approximate surface area is 246 Å². The first-order valence-corrected chi connectivity index (χ1v) is 16.2. The van der Waals surface area contributed by atoms with E-state index in [9.17, 15) is 17.8 Å². The van der Waals surface area contributed by atoms with Crippen LogP contribution in [0.5, 0.6) is 0 Å². The molecule has 0 aliphatic heterocycles. The second-order valence-electron chi connectivity index (χ2n) is 10.8. The third-order valence-corrected chi connectivity index (χ3v) is 7.93. The summed E-state index contributed by atoms with van der Waals surface area (Å²) in [6.45, 7) is 7.29. The van der Waals surface area contributed by atoms with Crippen molar-refractivity contribution in [2.75, 3.05) is 5.75 Å². The minimum atomic E-state index is -4.41. The fourth-order valence-corrected chi connectivity index (χ4v) is 5.85. The average molecular weight is 538 g/mol. The fraction of sp³-hybridized carbons (Fsp3) is 0.897. The van der Waals surface area contributed by atoms with E-state index in [1.54, 1.807) is 6.92 Å². The molecular formula is C29H56NNaO4S. The average Bonchev–Trinajstić information content (AvgIpc) is 2.78. The Bertz CT molecular complexity index is 627. The number of carbonyl (C=O) groups is 1. The van der Waals surface area contributed by atoms with Crippen LogP contribution in [0.3, 0.4) is 0 Å². The van der Waals surface area contributed by atoms with Crippen molar-refractivity contribution in [1.82, 2.24) is 5.32 Å². The molecule has 36 heavy (non-hydrogen) atoms. The molecule has 208 valence electrons. The molecule has 0 aromatic heterocycles. The topological polar surface area (TPSA) is 86.3 Å². The molecule has 1 N–H and O–H groups in total. The minimum absolute atomic E-state index is 0. The van der Waals surface area contributed by atoms with E-state index in [-0.39, 0.29) is 29.6 Å². The Morgan fingerprint density at radius 3 is 1.31 bits per heavy atom. The van der Waals surface area contributed by atoms with Gasteiger partial charge in [0.2, 0.25) is 5.91 Å². The van der Waals surface area contributed by atoms with Crippen LogP contribution in [-0.4, -0.2) is 30.2 Å². The van der Waals surface area contributed by atoms with E-state index in [4.69, 9.17) is 0 Å². The van der Waals surface area contributed by atoms with Crippen molar-refractivity contribution >= 4 is 16.0 Å². The molecule has 0 rings (SSSR count). The molecule has 7 heteroatoms. The van der Waals surface area contributed by atoms with E-state index in [1.807, 2.05) is 0 Å². The zero-order valence-corrected chi connectivity index (χ0v) is 26.9. The van der Waals surface area contributed by atoms with Crippen molar-refractivity contribution in [2.45, 2.75) is 161 Å². The summed E-state index contributed by atoms with van der Waals surface area (Å²) < 4.78 is 33.6. The summed E-state index contributed by atoms with van der Waals surface area (Å²) in [7, 11) is -4.41. The number of hydrogen-bond donors (Lipinski definition) is 1. The van der Waals surface area contributed by atoms with Gasteiger partial charge in [0.25, 0.3) is 0 Å². The summed E-state index contributed by atoms with van der Waals surface area (Å²) in [4.78, 5) is 11.6. The van der Waals surface area contributed by atoms with Gasteiger partial charge >= 0.3 is 29.6 Å². The van der Waals surface area contributed by atoms with Crippen LogP contribution < -0.4 is 34.9 Å². The van der Waals surface area contributed by atoms with Crippen molar-refractivity contribution in [3.05, 3.63) is 12.7 Å². The number of carbonyl (C=O) groups excluding carboxylic acids is 1. The van der Waals surface area contributed by atoms with Gasteiger partial charge < -0.3 is 9.87 Å². The zero-order chi connectivity index (χ0) is 26.3. The molecule has 0 aromatic rings. The van der Waals surface area contributed by atoms with Gasteiger partial charge in [-0.15, -0.1) is 0 Å². The molecule has 0 spiro atoms. The molecule has 5 nitrogen and oxygen atoms in total. The first-order valence-electron chi connectivity index (χ1n) is 14.6. The van der Waals surface area contributed by atoms with Gasteiger partial charge in [0, 0.05) is 0 Å². The predicted octanol–water partition coefficient (Wildman–Crippen LogP) is 5.20. The Morgan fingerprint density at radius 2 is 1.03 bits per heavy atom. The summed E-state index contributed by atoms with van der Waals surface area (Å²) in [5.41, 5.74) is -1.03. The Morgan fingerprint density at radius 1 is 0.722 bits per heavy atom. The van der Waals surface area contributed by atoms with Gasteiger partial charge in [-0.1, -0.05) is 148 Å². The van der Waals surface area contributed by atoms with Crippen LogP contribution in [0.15, 0.2) is 12.7 Å². The van der Waals surface area contributed by atoms with Crippen LogP contribution >= 0.6 is 0 Å². The molecule has 1 amide bonds. The van der Waals surface area contributed by atoms with Gasteiger partial charge in [0.1, 0.15) is 0 Å². The molecule has 0 fully saturated rings.